The minimum atomic E-state index is 0.00552. The Morgan fingerprint density at radius 3 is 2.81 bits per heavy atom. The van der Waals surface area contributed by atoms with Crippen LogP contribution in [0.2, 0.25) is 0 Å². The van der Waals surface area contributed by atoms with Gasteiger partial charge in [0.2, 0.25) is 5.91 Å². The van der Waals surface area contributed by atoms with Crippen LogP contribution in [0.3, 0.4) is 0 Å². The molecule has 3 aromatic rings. The molecule has 1 N–H and O–H groups in total. The third-order valence-corrected chi connectivity index (χ3v) is 4.01. The smallest absolute Gasteiger partial charge is 0.240 e. The van der Waals surface area contributed by atoms with Crippen molar-refractivity contribution in [3.8, 4) is 10.7 Å². The van der Waals surface area contributed by atoms with Crippen LogP contribution in [0, 0.1) is 0 Å². The van der Waals surface area contributed by atoms with Crippen LogP contribution in [0.5, 0.6) is 0 Å². The highest BCUT2D eigenvalue weighted by atomic mass is 32.1. The van der Waals surface area contributed by atoms with E-state index in [9.17, 15) is 4.79 Å². The van der Waals surface area contributed by atoms with Gasteiger partial charge in [-0.2, -0.15) is 0 Å². The maximum Gasteiger partial charge on any atom is 0.240 e. The summed E-state index contributed by atoms with van der Waals surface area (Å²) in [4.78, 5) is 17.9. The molecule has 0 saturated heterocycles. The summed E-state index contributed by atoms with van der Waals surface area (Å²) >= 11 is 1.63. The molecule has 0 aliphatic carbocycles. The largest absolute Gasteiger partial charge is 0.352 e. The summed E-state index contributed by atoms with van der Waals surface area (Å²) in [5.74, 6) is 0.857. The number of carbonyl (C=O) groups excluding carboxylic acids is 1. The van der Waals surface area contributed by atoms with Crippen LogP contribution in [0.4, 0.5) is 0 Å². The third-order valence-electron chi connectivity index (χ3n) is 3.15. The first kappa shape index (κ1) is 13.8. The first-order chi connectivity index (χ1) is 10.1. The molecule has 0 saturated carbocycles. The maximum absolute atomic E-state index is 12.1. The first-order valence-corrected chi connectivity index (χ1v) is 7.81. The number of hydrogen-bond donors (Lipinski definition) is 1. The van der Waals surface area contributed by atoms with Crippen LogP contribution in [0.25, 0.3) is 21.7 Å². The van der Waals surface area contributed by atoms with Crippen molar-refractivity contribution in [2.75, 3.05) is 0 Å². The summed E-state index contributed by atoms with van der Waals surface area (Å²) < 4.78 is 1.98. The Labute approximate surface area is 127 Å². The molecule has 2 aromatic heterocycles. The zero-order valence-corrected chi connectivity index (χ0v) is 12.9. The lowest BCUT2D eigenvalue weighted by Crippen LogP contribution is -2.33. The minimum Gasteiger partial charge on any atom is -0.352 e. The molecule has 21 heavy (non-hydrogen) atoms. The van der Waals surface area contributed by atoms with Gasteiger partial charge in [-0.25, -0.2) is 4.98 Å². The number of rotatable bonds is 4. The molecular weight excluding hydrogens is 282 g/mol. The van der Waals surface area contributed by atoms with Crippen LogP contribution in [0.15, 0.2) is 41.8 Å². The number of para-hydroxylation sites is 2. The number of fused-ring (bicyclic) bond motifs is 1. The second-order valence-corrected chi connectivity index (χ2v) is 6.16. The second-order valence-electron chi connectivity index (χ2n) is 5.21. The fourth-order valence-electron chi connectivity index (χ4n) is 2.34. The number of benzene rings is 1. The molecule has 5 heteroatoms. The van der Waals surface area contributed by atoms with Gasteiger partial charge in [0.25, 0.3) is 0 Å². The van der Waals surface area contributed by atoms with Crippen molar-refractivity contribution in [3.05, 3.63) is 41.8 Å². The molecule has 0 spiro atoms. The van der Waals surface area contributed by atoms with Gasteiger partial charge in [0.15, 0.2) is 5.82 Å². The molecule has 3 rings (SSSR count). The predicted octanol–water partition coefficient (Wildman–Crippen LogP) is 3.29. The van der Waals surface area contributed by atoms with Crippen LogP contribution in [0.1, 0.15) is 13.8 Å². The predicted molar refractivity (Wildman–Crippen MR) is 86.3 cm³/mol. The number of nitrogens with one attached hydrogen (secondary N) is 1. The number of amides is 1. The van der Waals surface area contributed by atoms with Gasteiger partial charge in [-0.05, 0) is 37.4 Å². The molecule has 2 heterocycles. The van der Waals surface area contributed by atoms with Gasteiger partial charge < -0.3 is 9.88 Å². The van der Waals surface area contributed by atoms with E-state index >= 15 is 0 Å². The molecule has 0 unspecified atom stereocenters. The van der Waals surface area contributed by atoms with Crippen molar-refractivity contribution in [1.29, 1.82) is 0 Å². The lowest BCUT2D eigenvalue weighted by atomic mass is 10.3. The highest BCUT2D eigenvalue weighted by Crippen LogP contribution is 2.28. The first-order valence-electron chi connectivity index (χ1n) is 6.93. The summed E-state index contributed by atoms with van der Waals surface area (Å²) in [6, 6.07) is 12.1. The number of aromatic nitrogens is 2. The van der Waals surface area contributed by atoms with Crippen molar-refractivity contribution < 1.29 is 4.79 Å². The van der Waals surface area contributed by atoms with E-state index in [4.69, 9.17) is 0 Å². The van der Waals surface area contributed by atoms with Gasteiger partial charge in [-0.1, -0.05) is 18.2 Å². The Hall–Kier alpha value is -2.14. The average Bonchev–Trinajstić information content (AvgIpc) is 3.06. The molecule has 108 valence electrons. The highest BCUT2D eigenvalue weighted by Gasteiger charge is 2.15. The zero-order valence-electron chi connectivity index (χ0n) is 12.0. The Bertz CT molecular complexity index is 759. The van der Waals surface area contributed by atoms with E-state index in [1.54, 1.807) is 11.3 Å². The van der Waals surface area contributed by atoms with Gasteiger partial charge in [0, 0.05) is 6.04 Å². The van der Waals surface area contributed by atoms with Gasteiger partial charge in [-0.3, -0.25) is 4.79 Å². The van der Waals surface area contributed by atoms with Crippen molar-refractivity contribution >= 4 is 28.3 Å². The summed E-state index contributed by atoms with van der Waals surface area (Å²) in [6.45, 7) is 4.21. The van der Waals surface area contributed by atoms with E-state index in [1.807, 2.05) is 60.2 Å². The van der Waals surface area contributed by atoms with Gasteiger partial charge in [0.1, 0.15) is 6.54 Å². The van der Waals surface area contributed by atoms with E-state index in [-0.39, 0.29) is 18.5 Å². The van der Waals surface area contributed by atoms with Crippen molar-refractivity contribution in [1.82, 2.24) is 14.9 Å². The van der Waals surface area contributed by atoms with Gasteiger partial charge >= 0.3 is 0 Å². The maximum atomic E-state index is 12.1. The SMILES string of the molecule is CC(C)NC(=O)Cn1c(-c2cccs2)nc2ccccc21. The standard InChI is InChI=1S/C16H17N3OS/c1-11(2)17-15(20)10-19-13-7-4-3-6-12(13)18-16(19)14-8-5-9-21-14/h3-9,11H,10H2,1-2H3,(H,17,20). The Morgan fingerprint density at radius 2 is 2.10 bits per heavy atom. The zero-order chi connectivity index (χ0) is 14.8. The normalized spacial score (nSPS) is 11.2. The summed E-state index contributed by atoms with van der Waals surface area (Å²) in [5, 5.41) is 4.96. The molecule has 0 atom stereocenters. The van der Waals surface area contributed by atoms with E-state index in [0.717, 1.165) is 21.7 Å². The summed E-state index contributed by atoms with van der Waals surface area (Å²) in [6.07, 6.45) is 0. The van der Waals surface area contributed by atoms with E-state index in [0.29, 0.717) is 0 Å². The number of nitrogens with zero attached hydrogens (tertiary/aromatic N) is 2. The molecule has 1 amide bonds. The third kappa shape index (κ3) is 2.83. The molecule has 0 bridgehead atoms. The second kappa shape index (κ2) is 5.69. The number of carbonyl (C=O) groups is 1. The minimum absolute atomic E-state index is 0.00552. The van der Waals surface area contributed by atoms with Gasteiger partial charge in [0.05, 0.1) is 15.9 Å². The summed E-state index contributed by atoms with van der Waals surface area (Å²) in [5.41, 5.74) is 1.90. The highest BCUT2D eigenvalue weighted by molar-refractivity contribution is 7.13. The van der Waals surface area contributed by atoms with Crippen molar-refractivity contribution in [2.45, 2.75) is 26.4 Å². The molecular formula is C16H17N3OS. The number of thiophene rings is 1. The van der Waals surface area contributed by atoms with Crippen LogP contribution >= 0.6 is 11.3 Å². The Morgan fingerprint density at radius 1 is 1.29 bits per heavy atom. The molecule has 0 aliphatic heterocycles. The van der Waals surface area contributed by atoms with Crippen molar-refractivity contribution in [2.24, 2.45) is 0 Å². The van der Waals surface area contributed by atoms with Crippen LogP contribution in [-0.2, 0) is 11.3 Å². The van der Waals surface area contributed by atoms with Crippen LogP contribution in [-0.4, -0.2) is 21.5 Å². The molecule has 0 aliphatic rings. The van der Waals surface area contributed by atoms with Crippen LogP contribution < -0.4 is 5.32 Å². The fourth-order valence-corrected chi connectivity index (χ4v) is 3.06. The molecule has 4 nitrogen and oxygen atoms in total. The number of hydrogen-bond acceptors (Lipinski definition) is 3. The number of imidazole rings is 1. The van der Waals surface area contributed by atoms with E-state index < -0.39 is 0 Å². The lowest BCUT2D eigenvalue weighted by Gasteiger charge is -2.11. The Balaban J connectivity index is 2.06. The van der Waals surface area contributed by atoms with Gasteiger partial charge in [-0.15, -0.1) is 11.3 Å². The average molecular weight is 299 g/mol. The quantitative estimate of drug-likeness (QED) is 0.803. The lowest BCUT2D eigenvalue weighted by molar-refractivity contribution is -0.122. The molecule has 0 fully saturated rings. The van der Waals surface area contributed by atoms with E-state index in [1.165, 1.54) is 0 Å². The molecule has 0 radical (unpaired) electrons. The summed E-state index contributed by atoms with van der Waals surface area (Å²) in [7, 11) is 0. The topological polar surface area (TPSA) is 46.9 Å². The molecule has 1 aromatic carbocycles. The van der Waals surface area contributed by atoms with E-state index in [2.05, 4.69) is 10.3 Å². The van der Waals surface area contributed by atoms with Crippen molar-refractivity contribution in [3.63, 3.8) is 0 Å². The Kier molecular flexibility index (Phi) is 3.75. The fraction of sp³-hybridized carbons (Fsp3) is 0.250. The monoisotopic (exact) mass is 299 g/mol.